The molecule has 0 atom stereocenters. The lowest BCUT2D eigenvalue weighted by atomic mass is 10.1. The number of oxazole rings is 1. The van der Waals surface area contributed by atoms with Gasteiger partial charge in [0.2, 0.25) is 0 Å². The van der Waals surface area contributed by atoms with Crippen LogP contribution in [0.2, 0.25) is 5.02 Å². The van der Waals surface area contributed by atoms with E-state index < -0.39 is 0 Å². The first-order valence-electron chi connectivity index (χ1n) is 9.82. The topological polar surface area (TPSA) is 79.1 Å². The van der Waals surface area contributed by atoms with Crippen molar-refractivity contribution in [1.29, 1.82) is 0 Å². The van der Waals surface area contributed by atoms with Gasteiger partial charge in [0.1, 0.15) is 23.0 Å². The first kappa shape index (κ1) is 25.7. The van der Waals surface area contributed by atoms with Crippen molar-refractivity contribution >= 4 is 36.4 Å². The van der Waals surface area contributed by atoms with Gasteiger partial charge in [-0.05, 0) is 43.2 Å². The number of nitrogens with zero attached hydrogens (tertiary/aromatic N) is 3. The number of aromatic nitrogens is 3. The minimum atomic E-state index is 0. The maximum Gasteiger partial charge on any atom is 0.307 e. The number of hydrogen-bond donors (Lipinski definition) is 1. The van der Waals surface area contributed by atoms with E-state index in [0.717, 1.165) is 40.6 Å². The van der Waals surface area contributed by atoms with Crippen molar-refractivity contribution in [2.75, 3.05) is 6.61 Å². The van der Waals surface area contributed by atoms with Crippen LogP contribution in [0.5, 0.6) is 5.75 Å². The Hall–Kier alpha value is -2.51. The summed E-state index contributed by atoms with van der Waals surface area (Å²) in [6, 6.07) is 15.9. The van der Waals surface area contributed by atoms with Crippen LogP contribution in [0.3, 0.4) is 0 Å². The van der Waals surface area contributed by atoms with Crippen molar-refractivity contribution in [2.24, 2.45) is 5.73 Å². The van der Waals surface area contributed by atoms with E-state index in [1.807, 2.05) is 66.2 Å². The van der Waals surface area contributed by atoms with Crippen molar-refractivity contribution in [3.05, 3.63) is 83.1 Å². The predicted molar refractivity (Wildman–Crippen MR) is 131 cm³/mol. The zero-order valence-electron chi connectivity index (χ0n) is 17.5. The van der Waals surface area contributed by atoms with Gasteiger partial charge in [0.15, 0.2) is 0 Å². The third-order valence-electron chi connectivity index (χ3n) is 4.81. The van der Waals surface area contributed by atoms with Crippen LogP contribution in [0.15, 0.2) is 65.3 Å². The zero-order valence-corrected chi connectivity index (χ0v) is 19.9. The van der Waals surface area contributed by atoms with E-state index in [4.69, 9.17) is 31.5 Å². The molecule has 0 saturated heterocycles. The normalized spacial score (nSPS) is 10.3. The van der Waals surface area contributed by atoms with Gasteiger partial charge >= 0.3 is 6.01 Å². The largest absolute Gasteiger partial charge is 0.494 e. The third-order valence-corrected chi connectivity index (χ3v) is 5.06. The first-order valence-corrected chi connectivity index (χ1v) is 10.2. The highest BCUT2D eigenvalue weighted by molar-refractivity contribution is 6.30. The Morgan fingerprint density at radius 2 is 1.78 bits per heavy atom. The summed E-state index contributed by atoms with van der Waals surface area (Å²) in [6.07, 6.45) is 5.05. The predicted octanol–water partition coefficient (Wildman–Crippen LogP) is 5.80. The molecule has 0 bridgehead atoms. The molecule has 4 aromatic rings. The summed E-state index contributed by atoms with van der Waals surface area (Å²) >= 11 is 6.05. The zero-order chi connectivity index (χ0) is 20.9. The van der Waals surface area contributed by atoms with Crippen molar-refractivity contribution in [1.82, 2.24) is 14.5 Å². The highest BCUT2D eigenvalue weighted by Crippen LogP contribution is 2.28. The van der Waals surface area contributed by atoms with Crippen molar-refractivity contribution < 1.29 is 9.15 Å². The molecule has 6 nitrogen and oxygen atoms in total. The molecule has 9 heteroatoms. The Morgan fingerprint density at radius 1 is 1.06 bits per heavy atom. The summed E-state index contributed by atoms with van der Waals surface area (Å²) in [5, 5.41) is 0.684. The number of ether oxygens (including phenoxy) is 1. The lowest BCUT2D eigenvalue weighted by Crippen LogP contribution is -2.00. The Morgan fingerprint density at radius 3 is 2.41 bits per heavy atom. The van der Waals surface area contributed by atoms with Gasteiger partial charge < -0.3 is 14.9 Å². The van der Waals surface area contributed by atoms with Gasteiger partial charge in [-0.1, -0.05) is 35.9 Å². The maximum absolute atomic E-state index is 6.12. The van der Waals surface area contributed by atoms with Crippen LogP contribution in [-0.4, -0.2) is 21.1 Å². The summed E-state index contributed by atoms with van der Waals surface area (Å²) in [4.78, 5) is 8.99. The Kier molecular flexibility index (Phi) is 9.60. The fourth-order valence-electron chi connectivity index (χ4n) is 3.17. The maximum atomic E-state index is 6.12. The molecule has 0 amide bonds. The molecule has 0 aliphatic rings. The van der Waals surface area contributed by atoms with Crippen molar-refractivity contribution in [3.8, 4) is 23.0 Å². The van der Waals surface area contributed by atoms with Crippen LogP contribution in [-0.2, 0) is 13.0 Å². The van der Waals surface area contributed by atoms with Gasteiger partial charge in [0.05, 0.1) is 6.61 Å². The van der Waals surface area contributed by atoms with E-state index in [-0.39, 0.29) is 24.8 Å². The average molecular weight is 496 g/mol. The molecule has 0 unspecified atom stereocenters. The summed E-state index contributed by atoms with van der Waals surface area (Å²) in [7, 11) is 0. The van der Waals surface area contributed by atoms with Gasteiger partial charge in [-0.3, -0.25) is 4.57 Å². The lowest BCUT2D eigenvalue weighted by Gasteiger charge is -2.07. The molecular weight excluding hydrogens is 471 g/mol. The minimum Gasteiger partial charge on any atom is -0.494 e. The smallest absolute Gasteiger partial charge is 0.307 e. The highest BCUT2D eigenvalue weighted by atomic mass is 35.5. The van der Waals surface area contributed by atoms with Crippen LogP contribution in [0, 0.1) is 6.92 Å². The van der Waals surface area contributed by atoms with Crippen molar-refractivity contribution in [3.63, 3.8) is 0 Å². The van der Waals surface area contributed by atoms with E-state index in [1.165, 1.54) is 0 Å². The fraction of sp³-hybridized carbons (Fsp3) is 0.217. The van der Waals surface area contributed by atoms with E-state index in [2.05, 4.69) is 4.98 Å². The number of nitrogens with two attached hydrogens (primary N) is 1. The molecule has 0 radical (unpaired) electrons. The summed E-state index contributed by atoms with van der Waals surface area (Å²) in [6.45, 7) is 3.01. The third kappa shape index (κ3) is 6.04. The molecular formula is C23H25Cl3N4O2. The minimum absolute atomic E-state index is 0. The molecule has 2 aromatic carbocycles. The van der Waals surface area contributed by atoms with Crippen LogP contribution < -0.4 is 10.5 Å². The summed E-state index contributed by atoms with van der Waals surface area (Å²) in [5.74, 6) is 2.45. The Bertz CT molecular complexity index is 1110. The monoisotopic (exact) mass is 494 g/mol. The van der Waals surface area contributed by atoms with Gasteiger partial charge in [-0.25, -0.2) is 4.98 Å². The average Bonchev–Trinajstić information content (AvgIpc) is 3.38. The van der Waals surface area contributed by atoms with Crippen LogP contribution in [0.4, 0.5) is 0 Å². The molecule has 2 heterocycles. The Labute approximate surface area is 204 Å². The summed E-state index contributed by atoms with van der Waals surface area (Å²) < 4.78 is 13.8. The van der Waals surface area contributed by atoms with E-state index in [9.17, 15) is 0 Å². The van der Waals surface area contributed by atoms with Crippen LogP contribution in [0.25, 0.3) is 17.3 Å². The highest BCUT2D eigenvalue weighted by Gasteiger charge is 2.17. The second-order valence-electron chi connectivity index (χ2n) is 6.92. The molecule has 0 aliphatic heterocycles. The second kappa shape index (κ2) is 11.9. The van der Waals surface area contributed by atoms with Crippen LogP contribution in [0.1, 0.15) is 23.6 Å². The number of aryl methyl sites for hydroxylation is 2. The molecule has 2 aromatic heterocycles. The van der Waals surface area contributed by atoms with Gasteiger partial charge in [0.25, 0.3) is 0 Å². The molecule has 2 N–H and O–H groups in total. The van der Waals surface area contributed by atoms with Crippen molar-refractivity contribution in [2.45, 2.75) is 26.3 Å². The lowest BCUT2D eigenvalue weighted by molar-refractivity contribution is 0.306. The first-order chi connectivity index (χ1) is 14.6. The SMILES string of the molecule is Cc1nccn1-c1nc(-c2ccc(Cl)cc2)c(CCCOc2ccc(CN)cc2)o1.Cl.Cl. The van der Waals surface area contributed by atoms with E-state index in [1.54, 1.807) is 6.20 Å². The standard InChI is InChI=1S/C23H23ClN4O2.2ClH/c1-16-26-12-13-28(16)23-27-22(18-6-8-19(24)9-7-18)21(30-23)3-2-14-29-20-10-4-17(15-25)5-11-20;;/h4-13H,2-3,14-15,25H2,1H3;2*1H. The quantitative estimate of drug-likeness (QED) is 0.312. The summed E-state index contributed by atoms with van der Waals surface area (Å²) in [5.41, 5.74) is 8.48. The fourth-order valence-corrected chi connectivity index (χ4v) is 3.30. The van der Waals surface area contributed by atoms with Gasteiger partial charge in [0, 0.05) is 35.9 Å². The Balaban J connectivity index is 0.00000181. The molecule has 0 fully saturated rings. The molecule has 4 rings (SSSR count). The van der Waals surface area contributed by atoms with Gasteiger partial charge in [-0.2, -0.15) is 4.98 Å². The van der Waals surface area contributed by atoms with E-state index in [0.29, 0.717) is 30.6 Å². The van der Waals surface area contributed by atoms with Gasteiger partial charge in [-0.15, -0.1) is 24.8 Å². The molecule has 0 spiro atoms. The van der Waals surface area contributed by atoms with E-state index >= 15 is 0 Å². The number of imidazole rings is 1. The van der Waals surface area contributed by atoms with Crippen LogP contribution >= 0.6 is 36.4 Å². The number of rotatable bonds is 8. The molecule has 170 valence electrons. The molecule has 0 aliphatic carbocycles. The number of benzene rings is 2. The molecule has 32 heavy (non-hydrogen) atoms. The number of halogens is 3. The second-order valence-corrected chi connectivity index (χ2v) is 7.36. The molecule has 0 saturated carbocycles. The number of hydrogen-bond acceptors (Lipinski definition) is 5.